The average Bonchev–Trinajstić information content (AvgIpc) is 3.20. The zero-order chi connectivity index (χ0) is 14.5. The Kier molecular flexibility index (Phi) is 3.82. The number of furan rings is 1. The third-order valence-corrected chi connectivity index (χ3v) is 3.15. The molecule has 1 amide bonds. The Labute approximate surface area is 122 Å². The molecular formula is C16H15N3O2. The van der Waals surface area contributed by atoms with Crippen LogP contribution in [0.5, 0.6) is 0 Å². The van der Waals surface area contributed by atoms with Crippen molar-refractivity contribution in [3.8, 4) is 11.1 Å². The maximum absolute atomic E-state index is 11.7. The summed E-state index contributed by atoms with van der Waals surface area (Å²) in [6, 6.07) is 11.7. The van der Waals surface area contributed by atoms with Gasteiger partial charge in [0, 0.05) is 18.3 Å². The Morgan fingerprint density at radius 1 is 1.19 bits per heavy atom. The van der Waals surface area contributed by atoms with Crippen molar-refractivity contribution in [2.45, 2.75) is 6.54 Å². The quantitative estimate of drug-likeness (QED) is 0.782. The highest BCUT2D eigenvalue weighted by atomic mass is 16.3. The standard InChI is InChI=1S/C16H15N3O2/c20-16(14-6-9-21-12-14)17-7-8-19-11-15(10-18-19)13-4-2-1-3-5-13/h1-6,9-12H,7-8H2,(H,17,20). The molecule has 0 saturated carbocycles. The van der Waals surface area contributed by atoms with E-state index in [1.807, 2.05) is 47.4 Å². The zero-order valence-corrected chi connectivity index (χ0v) is 11.4. The van der Waals surface area contributed by atoms with Crippen LogP contribution in [0.3, 0.4) is 0 Å². The molecule has 0 aliphatic rings. The zero-order valence-electron chi connectivity index (χ0n) is 11.4. The van der Waals surface area contributed by atoms with E-state index in [0.717, 1.165) is 11.1 Å². The van der Waals surface area contributed by atoms with Crippen LogP contribution in [0.25, 0.3) is 11.1 Å². The number of benzene rings is 1. The van der Waals surface area contributed by atoms with Crippen molar-refractivity contribution >= 4 is 5.91 Å². The second kappa shape index (κ2) is 6.09. The summed E-state index contributed by atoms with van der Waals surface area (Å²) in [5, 5.41) is 7.12. The predicted octanol–water partition coefficient (Wildman–Crippen LogP) is 2.57. The lowest BCUT2D eigenvalue weighted by molar-refractivity contribution is 0.0951. The minimum atomic E-state index is -0.140. The predicted molar refractivity (Wildman–Crippen MR) is 78.7 cm³/mol. The molecule has 2 heterocycles. The minimum absolute atomic E-state index is 0.140. The van der Waals surface area contributed by atoms with Gasteiger partial charge >= 0.3 is 0 Å². The van der Waals surface area contributed by atoms with E-state index in [-0.39, 0.29) is 5.91 Å². The molecule has 0 fully saturated rings. The lowest BCUT2D eigenvalue weighted by Crippen LogP contribution is -2.26. The molecule has 0 unspecified atom stereocenters. The summed E-state index contributed by atoms with van der Waals surface area (Å²) in [5.74, 6) is -0.140. The summed E-state index contributed by atoms with van der Waals surface area (Å²) < 4.78 is 6.69. The number of hydrogen-bond acceptors (Lipinski definition) is 3. The normalized spacial score (nSPS) is 10.5. The number of aromatic nitrogens is 2. The highest BCUT2D eigenvalue weighted by molar-refractivity contribution is 5.93. The van der Waals surface area contributed by atoms with Crippen molar-refractivity contribution in [2.24, 2.45) is 0 Å². The topological polar surface area (TPSA) is 60.1 Å². The molecule has 0 bridgehead atoms. The van der Waals surface area contributed by atoms with Crippen molar-refractivity contribution in [3.05, 3.63) is 66.9 Å². The summed E-state index contributed by atoms with van der Waals surface area (Å²) in [6.45, 7) is 1.14. The monoisotopic (exact) mass is 281 g/mol. The highest BCUT2D eigenvalue weighted by Gasteiger charge is 2.06. The van der Waals surface area contributed by atoms with Crippen molar-refractivity contribution < 1.29 is 9.21 Å². The molecule has 21 heavy (non-hydrogen) atoms. The van der Waals surface area contributed by atoms with Gasteiger partial charge in [-0.1, -0.05) is 30.3 Å². The van der Waals surface area contributed by atoms with Crippen molar-refractivity contribution in [2.75, 3.05) is 6.54 Å². The molecule has 2 aromatic heterocycles. The molecule has 1 N–H and O–H groups in total. The van der Waals surface area contributed by atoms with Gasteiger partial charge < -0.3 is 9.73 Å². The fourth-order valence-electron chi connectivity index (χ4n) is 2.05. The van der Waals surface area contributed by atoms with Gasteiger partial charge in [-0.15, -0.1) is 0 Å². The van der Waals surface area contributed by atoms with Gasteiger partial charge in [0.1, 0.15) is 6.26 Å². The number of rotatable bonds is 5. The fraction of sp³-hybridized carbons (Fsp3) is 0.125. The molecule has 0 aliphatic carbocycles. The van der Waals surface area contributed by atoms with Crippen LogP contribution in [0, 0.1) is 0 Å². The lowest BCUT2D eigenvalue weighted by Gasteiger charge is -2.03. The van der Waals surface area contributed by atoms with E-state index in [4.69, 9.17) is 4.42 Å². The van der Waals surface area contributed by atoms with Gasteiger partial charge in [0.2, 0.25) is 0 Å². The van der Waals surface area contributed by atoms with Crippen LogP contribution in [0.2, 0.25) is 0 Å². The van der Waals surface area contributed by atoms with E-state index in [1.165, 1.54) is 12.5 Å². The minimum Gasteiger partial charge on any atom is -0.472 e. The van der Waals surface area contributed by atoms with Crippen molar-refractivity contribution in [1.29, 1.82) is 0 Å². The fourth-order valence-corrected chi connectivity index (χ4v) is 2.05. The van der Waals surface area contributed by atoms with Gasteiger partial charge in [-0.3, -0.25) is 9.48 Å². The number of amides is 1. The Morgan fingerprint density at radius 2 is 2.05 bits per heavy atom. The van der Waals surface area contributed by atoms with Crippen LogP contribution in [0.15, 0.2) is 65.7 Å². The molecule has 1 aromatic carbocycles. The number of carbonyl (C=O) groups is 1. The van der Waals surface area contributed by atoms with E-state index in [2.05, 4.69) is 10.4 Å². The molecule has 0 radical (unpaired) electrons. The number of nitrogens with one attached hydrogen (secondary N) is 1. The van der Waals surface area contributed by atoms with E-state index in [9.17, 15) is 4.79 Å². The van der Waals surface area contributed by atoms with E-state index in [1.54, 1.807) is 6.07 Å². The van der Waals surface area contributed by atoms with Crippen LogP contribution in [0.4, 0.5) is 0 Å². The first-order valence-corrected chi connectivity index (χ1v) is 6.71. The van der Waals surface area contributed by atoms with Gasteiger partial charge in [0.05, 0.1) is 24.6 Å². The maximum atomic E-state index is 11.7. The largest absolute Gasteiger partial charge is 0.472 e. The van der Waals surface area contributed by atoms with E-state index < -0.39 is 0 Å². The highest BCUT2D eigenvalue weighted by Crippen LogP contribution is 2.17. The van der Waals surface area contributed by atoms with Gasteiger partial charge in [-0.25, -0.2) is 0 Å². The van der Waals surface area contributed by atoms with Crippen LogP contribution in [-0.2, 0) is 6.54 Å². The Balaban J connectivity index is 1.55. The maximum Gasteiger partial charge on any atom is 0.254 e. The molecule has 5 heteroatoms. The van der Waals surface area contributed by atoms with Crippen LogP contribution in [0.1, 0.15) is 10.4 Å². The molecule has 0 aliphatic heterocycles. The number of nitrogens with zero attached hydrogens (tertiary/aromatic N) is 2. The first-order valence-electron chi connectivity index (χ1n) is 6.71. The molecule has 106 valence electrons. The Morgan fingerprint density at radius 3 is 2.81 bits per heavy atom. The Hall–Kier alpha value is -2.82. The first-order chi connectivity index (χ1) is 10.3. The van der Waals surface area contributed by atoms with Gasteiger partial charge in [-0.05, 0) is 11.6 Å². The van der Waals surface area contributed by atoms with E-state index >= 15 is 0 Å². The Bertz CT molecular complexity index is 702. The smallest absolute Gasteiger partial charge is 0.254 e. The van der Waals surface area contributed by atoms with Gasteiger partial charge in [-0.2, -0.15) is 5.10 Å². The third-order valence-electron chi connectivity index (χ3n) is 3.15. The molecule has 0 spiro atoms. The first kappa shape index (κ1) is 13.2. The second-order valence-corrected chi connectivity index (χ2v) is 4.63. The van der Waals surface area contributed by atoms with Gasteiger partial charge in [0.15, 0.2) is 0 Å². The van der Waals surface area contributed by atoms with Crippen LogP contribution in [-0.4, -0.2) is 22.2 Å². The molecule has 3 rings (SSSR count). The summed E-state index contributed by atoms with van der Waals surface area (Å²) >= 11 is 0. The van der Waals surface area contributed by atoms with Crippen LogP contribution < -0.4 is 5.32 Å². The molecule has 3 aromatic rings. The molecule has 0 atom stereocenters. The molecule has 5 nitrogen and oxygen atoms in total. The molecular weight excluding hydrogens is 266 g/mol. The summed E-state index contributed by atoms with van der Waals surface area (Å²) in [6.07, 6.45) is 6.71. The third kappa shape index (κ3) is 3.20. The molecule has 0 saturated heterocycles. The van der Waals surface area contributed by atoms with Crippen molar-refractivity contribution in [3.63, 3.8) is 0 Å². The number of hydrogen-bond donors (Lipinski definition) is 1. The summed E-state index contributed by atoms with van der Waals surface area (Å²) in [4.78, 5) is 11.7. The lowest BCUT2D eigenvalue weighted by atomic mass is 10.1. The van der Waals surface area contributed by atoms with Crippen LogP contribution >= 0.6 is 0 Å². The van der Waals surface area contributed by atoms with Gasteiger partial charge in [0.25, 0.3) is 5.91 Å². The average molecular weight is 281 g/mol. The van der Waals surface area contributed by atoms with Crippen molar-refractivity contribution in [1.82, 2.24) is 15.1 Å². The second-order valence-electron chi connectivity index (χ2n) is 4.63. The van der Waals surface area contributed by atoms with E-state index in [0.29, 0.717) is 18.7 Å². The number of carbonyl (C=O) groups excluding carboxylic acids is 1. The summed E-state index contributed by atoms with van der Waals surface area (Å²) in [7, 11) is 0. The summed E-state index contributed by atoms with van der Waals surface area (Å²) in [5.41, 5.74) is 2.73. The SMILES string of the molecule is O=C(NCCn1cc(-c2ccccc2)cn1)c1ccoc1.